The molecule has 3 N–H and O–H groups in total. The minimum absolute atomic E-state index is 0.401. The molecule has 2 rings (SSSR count). The highest BCUT2D eigenvalue weighted by Gasteiger charge is 2.28. The lowest BCUT2D eigenvalue weighted by Crippen LogP contribution is -2.42. The Labute approximate surface area is 119 Å². The molecule has 5 nitrogen and oxygen atoms in total. The summed E-state index contributed by atoms with van der Waals surface area (Å²) in [6.07, 6.45) is 1.48. The SMILES string of the molecule is COC(=O)c1c(N)cccc1CN1CCC(C)(O)CC1. The number of hydrogen-bond acceptors (Lipinski definition) is 5. The Balaban J connectivity index is 2.14. The smallest absolute Gasteiger partial charge is 0.340 e. The van der Waals surface area contributed by atoms with Crippen molar-refractivity contribution in [1.82, 2.24) is 4.90 Å². The molecular weight excluding hydrogens is 256 g/mol. The topological polar surface area (TPSA) is 75.8 Å². The Hall–Kier alpha value is -1.59. The maximum absolute atomic E-state index is 11.8. The largest absolute Gasteiger partial charge is 0.465 e. The molecule has 1 aromatic carbocycles. The fourth-order valence-electron chi connectivity index (χ4n) is 2.54. The van der Waals surface area contributed by atoms with E-state index < -0.39 is 11.6 Å². The van der Waals surface area contributed by atoms with Gasteiger partial charge in [-0.1, -0.05) is 12.1 Å². The molecule has 5 heteroatoms. The Bertz CT molecular complexity index is 490. The first kappa shape index (κ1) is 14.8. The van der Waals surface area contributed by atoms with Crippen LogP contribution in [0.25, 0.3) is 0 Å². The van der Waals surface area contributed by atoms with Crippen LogP contribution in [0.3, 0.4) is 0 Å². The number of esters is 1. The fourth-order valence-corrected chi connectivity index (χ4v) is 2.54. The molecule has 1 heterocycles. The van der Waals surface area contributed by atoms with E-state index in [9.17, 15) is 9.90 Å². The molecule has 1 fully saturated rings. The van der Waals surface area contributed by atoms with Gasteiger partial charge in [-0.05, 0) is 31.4 Å². The lowest BCUT2D eigenvalue weighted by molar-refractivity contribution is -0.00742. The van der Waals surface area contributed by atoms with Crippen molar-refractivity contribution < 1.29 is 14.6 Å². The summed E-state index contributed by atoms with van der Waals surface area (Å²) in [6, 6.07) is 5.45. The van der Waals surface area contributed by atoms with Gasteiger partial charge in [0.15, 0.2) is 0 Å². The van der Waals surface area contributed by atoms with Crippen molar-refractivity contribution in [3.63, 3.8) is 0 Å². The van der Waals surface area contributed by atoms with E-state index in [1.165, 1.54) is 7.11 Å². The fraction of sp³-hybridized carbons (Fsp3) is 0.533. The van der Waals surface area contributed by atoms with Crippen molar-refractivity contribution >= 4 is 11.7 Å². The van der Waals surface area contributed by atoms with Gasteiger partial charge in [0, 0.05) is 25.3 Å². The number of carbonyl (C=O) groups is 1. The van der Waals surface area contributed by atoms with Crippen LogP contribution in [0.15, 0.2) is 18.2 Å². The number of nitrogens with zero attached hydrogens (tertiary/aromatic N) is 1. The number of rotatable bonds is 3. The van der Waals surface area contributed by atoms with E-state index in [2.05, 4.69) is 4.90 Å². The van der Waals surface area contributed by atoms with Crippen LogP contribution in [0.1, 0.15) is 35.7 Å². The van der Waals surface area contributed by atoms with Crippen LogP contribution < -0.4 is 5.73 Å². The quantitative estimate of drug-likeness (QED) is 0.645. The van der Waals surface area contributed by atoms with Gasteiger partial charge >= 0.3 is 5.97 Å². The van der Waals surface area contributed by atoms with Gasteiger partial charge < -0.3 is 15.6 Å². The molecule has 20 heavy (non-hydrogen) atoms. The standard InChI is InChI=1S/C15H22N2O3/c1-15(19)6-8-17(9-7-15)10-11-4-3-5-12(16)13(11)14(18)20-2/h3-5,19H,6-10,16H2,1-2H3. The van der Waals surface area contributed by atoms with E-state index in [1.54, 1.807) is 6.07 Å². The normalized spacial score (nSPS) is 18.8. The zero-order valence-corrected chi connectivity index (χ0v) is 12.1. The highest BCUT2D eigenvalue weighted by Crippen LogP contribution is 2.25. The zero-order chi connectivity index (χ0) is 14.8. The molecule has 0 radical (unpaired) electrons. The van der Waals surface area contributed by atoms with E-state index in [0.717, 1.165) is 31.5 Å². The average Bonchev–Trinajstić information content (AvgIpc) is 2.41. The summed E-state index contributed by atoms with van der Waals surface area (Å²) in [5, 5.41) is 9.96. The number of aliphatic hydroxyl groups is 1. The highest BCUT2D eigenvalue weighted by molar-refractivity contribution is 5.96. The third kappa shape index (κ3) is 3.29. The van der Waals surface area contributed by atoms with E-state index in [0.29, 0.717) is 17.8 Å². The Morgan fingerprint density at radius 3 is 2.70 bits per heavy atom. The van der Waals surface area contributed by atoms with Crippen LogP contribution in [0.2, 0.25) is 0 Å². The molecule has 110 valence electrons. The molecule has 0 aromatic heterocycles. The van der Waals surface area contributed by atoms with Crippen LogP contribution >= 0.6 is 0 Å². The van der Waals surface area contributed by atoms with Crippen LogP contribution in [-0.2, 0) is 11.3 Å². The number of carbonyl (C=O) groups excluding carboxylic acids is 1. The van der Waals surface area contributed by atoms with Gasteiger partial charge in [0.05, 0.1) is 18.3 Å². The number of likely N-dealkylation sites (tertiary alicyclic amines) is 1. The maximum Gasteiger partial charge on any atom is 0.340 e. The number of hydrogen-bond donors (Lipinski definition) is 2. The number of ether oxygens (including phenoxy) is 1. The summed E-state index contributed by atoms with van der Waals surface area (Å²) in [7, 11) is 1.36. The average molecular weight is 278 g/mol. The molecule has 1 saturated heterocycles. The van der Waals surface area contributed by atoms with Gasteiger partial charge in [0.1, 0.15) is 0 Å². The van der Waals surface area contributed by atoms with Crippen LogP contribution in [0.4, 0.5) is 5.69 Å². The Kier molecular flexibility index (Phi) is 4.30. The molecule has 0 saturated carbocycles. The van der Waals surface area contributed by atoms with Gasteiger partial charge in [0.25, 0.3) is 0 Å². The molecule has 0 bridgehead atoms. The molecular formula is C15H22N2O3. The third-order valence-corrected chi connectivity index (χ3v) is 3.90. The molecule has 0 amide bonds. The minimum Gasteiger partial charge on any atom is -0.465 e. The second kappa shape index (κ2) is 5.81. The third-order valence-electron chi connectivity index (χ3n) is 3.90. The van der Waals surface area contributed by atoms with Crippen LogP contribution in [0, 0.1) is 0 Å². The first-order valence-corrected chi connectivity index (χ1v) is 6.83. The summed E-state index contributed by atoms with van der Waals surface area (Å²) in [6.45, 7) is 4.13. The molecule has 1 aliphatic rings. The van der Waals surface area contributed by atoms with Crippen LogP contribution in [-0.4, -0.2) is 41.8 Å². The number of nitrogens with two attached hydrogens (primary N) is 1. The number of methoxy groups -OCH3 is 1. The zero-order valence-electron chi connectivity index (χ0n) is 12.1. The second-order valence-electron chi connectivity index (χ2n) is 5.65. The van der Waals surface area contributed by atoms with Crippen molar-refractivity contribution in [2.75, 3.05) is 25.9 Å². The van der Waals surface area contributed by atoms with E-state index in [-0.39, 0.29) is 0 Å². The van der Waals surface area contributed by atoms with E-state index in [1.807, 2.05) is 19.1 Å². The number of anilines is 1. The summed E-state index contributed by atoms with van der Waals surface area (Å²) < 4.78 is 4.80. The van der Waals surface area contributed by atoms with Gasteiger partial charge in [-0.15, -0.1) is 0 Å². The Morgan fingerprint density at radius 2 is 2.10 bits per heavy atom. The number of nitrogen functional groups attached to an aromatic ring is 1. The van der Waals surface area contributed by atoms with Crippen LogP contribution in [0.5, 0.6) is 0 Å². The van der Waals surface area contributed by atoms with Gasteiger partial charge in [0.2, 0.25) is 0 Å². The molecule has 0 spiro atoms. The maximum atomic E-state index is 11.8. The van der Waals surface area contributed by atoms with E-state index in [4.69, 9.17) is 10.5 Å². The van der Waals surface area contributed by atoms with Crippen molar-refractivity contribution in [3.8, 4) is 0 Å². The van der Waals surface area contributed by atoms with Gasteiger partial charge in [-0.2, -0.15) is 0 Å². The first-order valence-electron chi connectivity index (χ1n) is 6.83. The van der Waals surface area contributed by atoms with Crippen molar-refractivity contribution in [1.29, 1.82) is 0 Å². The summed E-state index contributed by atoms with van der Waals surface area (Å²) in [5.41, 5.74) is 7.08. The lowest BCUT2D eigenvalue weighted by atomic mass is 9.93. The number of benzene rings is 1. The molecule has 1 aliphatic heterocycles. The summed E-state index contributed by atoms with van der Waals surface area (Å²) >= 11 is 0. The molecule has 0 aliphatic carbocycles. The second-order valence-corrected chi connectivity index (χ2v) is 5.65. The van der Waals surface area contributed by atoms with Gasteiger partial charge in [-0.25, -0.2) is 4.79 Å². The monoisotopic (exact) mass is 278 g/mol. The molecule has 0 atom stereocenters. The number of piperidine rings is 1. The van der Waals surface area contributed by atoms with Crippen molar-refractivity contribution in [2.45, 2.75) is 31.9 Å². The van der Waals surface area contributed by atoms with E-state index >= 15 is 0 Å². The highest BCUT2D eigenvalue weighted by atomic mass is 16.5. The first-order chi connectivity index (χ1) is 9.43. The minimum atomic E-state index is -0.572. The molecule has 0 unspecified atom stereocenters. The summed E-state index contributed by atoms with van der Waals surface area (Å²) in [5.74, 6) is -0.401. The predicted molar refractivity (Wildman–Crippen MR) is 77.3 cm³/mol. The Morgan fingerprint density at radius 1 is 1.45 bits per heavy atom. The predicted octanol–water partition coefficient (Wildman–Crippen LogP) is 1.40. The molecule has 1 aromatic rings. The van der Waals surface area contributed by atoms with Crippen molar-refractivity contribution in [3.05, 3.63) is 29.3 Å². The van der Waals surface area contributed by atoms with Gasteiger partial charge in [-0.3, -0.25) is 4.90 Å². The summed E-state index contributed by atoms with van der Waals surface area (Å²) in [4.78, 5) is 14.1. The van der Waals surface area contributed by atoms with Crippen molar-refractivity contribution in [2.24, 2.45) is 0 Å². The lowest BCUT2D eigenvalue weighted by Gasteiger charge is -2.36.